The van der Waals surface area contributed by atoms with E-state index in [4.69, 9.17) is 14.2 Å². The Balaban J connectivity index is 2.30. The molecule has 1 rings (SSSR count). The van der Waals surface area contributed by atoms with E-state index in [2.05, 4.69) is 10.6 Å². The summed E-state index contributed by atoms with van der Waals surface area (Å²) in [4.78, 5) is 44.0. The summed E-state index contributed by atoms with van der Waals surface area (Å²) in [5.41, 5.74) is -0.234. The van der Waals surface area contributed by atoms with E-state index in [1.54, 1.807) is 0 Å². The minimum Gasteiger partial charge on any atom is -0.490 e. The van der Waals surface area contributed by atoms with Gasteiger partial charge in [0.1, 0.15) is 5.75 Å². The molecule has 0 aliphatic rings. The highest BCUT2D eigenvalue weighted by Gasteiger charge is 2.16. The maximum Gasteiger partial charge on any atom is 0.344 e. The van der Waals surface area contributed by atoms with Gasteiger partial charge in [-0.3, -0.25) is 19.7 Å². The van der Waals surface area contributed by atoms with E-state index >= 15 is 0 Å². The van der Waals surface area contributed by atoms with Gasteiger partial charge < -0.3 is 24.8 Å². The number of hydrogen-bond acceptors (Lipinski definition) is 8. The van der Waals surface area contributed by atoms with Gasteiger partial charge in [-0.05, 0) is 12.5 Å². The first-order chi connectivity index (χ1) is 12.8. The Labute approximate surface area is 155 Å². The predicted molar refractivity (Wildman–Crippen MR) is 92.4 cm³/mol. The van der Waals surface area contributed by atoms with Gasteiger partial charge in [0.2, 0.25) is 11.7 Å². The van der Waals surface area contributed by atoms with Crippen LogP contribution in [-0.4, -0.2) is 56.1 Å². The molecule has 0 aromatic heterocycles. The highest BCUT2D eigenvalue weighted by Crippen LogP contribution is 2.30. The average Bonchev–Trinajstić information content (AvgIpc) is 2.63. The lowest BCUT2D eigenvalue weighted by Crippen LogP contribution is -2.32. The van der Waals surface area contributed by atoms with Crippen LogP contribution in [0.25, 0.3) is 0 Å². The standard InChI is InChI=1S/C16H21N3O8/c1-11(20)17-6-3-7-18-15(21)9-27-16(22)10-26-12-4-5-13(19(23)24)14(8-12)25-2/h4-5,8H,3,6-7,9-10H2,1-2H3,(H,17,20)(H,18,21). The lowest BCUT2D eigenvalue weighted by molar-refractivity contribution is -0.385. The second kappa shape index (κ2) is 11.3. The van der Waals surface area contributed by atoms with Gasteiger partial charge in [0.05, 0.1) is 12.0 Å². The van der Waals surface area contributed by atoms with Gasteiger partial charge in [-0.2, -0.15) is 0 Å². The van der Waals surface area contributed by atoms with Gasteiger partial charge in [0, 0.05) is 32.1 Å². The summed E-state index contributed by atoms with van der Waals surface area (Å²) in [7, 11) is 1.27. The number of methoxy groups -OCH3 is 1. The molecule has 27 heavy (non-hydrogen) atoms. The Morgan fingerprint density at radius 1 is 1.15 bits per heavy atom. The van der Waals surface area contributed by atoms with Gasteiger partial charge in [-0.25, -0.2) is 4.79 Å². The zero-order chi connectivity index (χ0) is 20.2. The lowest BCUT2D eigenvalue weighted by atomic mass is 10.3. The lowest BCUT2D eigenvalue weighted by Gasteiger charge is -2.09. The molecule has 0 saturated carbocycles. The van der Waals surface area contributed by atoms with E-state index < -0.39 is 30.0 Å². The summed E-state index contributed by atoms with van der Waals surface area (Å²) in [6, 6.07) is 3.77. The molecular formula is C16H21N3O8. The molecule has 1 aromatic rings. The predicted octanol–water partition coefficient (Wildman–Crippen LogP) is 0.168. The fourth-order valence-electron chi connectivity index (χ4n) is 1.86. The number of amides is 2. The summed E-state index contributed by atoms with van der Waals surface area (Å²) in [5, 5.41) is 15.9. The van der Waals surface area contributed by atoms with Crippen molar-refractivity contribution in [2.24, 2.45) is 0 Å². The Kier molecular flexibility index (Phi) is 9.06. The number of nitro benzene ring substituents is 1. The Bertz CT molecular complexity index is 692. The largest absolute Gasteiger partial charge is 0.490 e. The minimum atomic E-state index is -0.777. The molecule has 2 amide bonds. The highest BCUT2D eigenvalue weighted by molar-refractivity contribution is 5.80. The second-order valence-corrected chi connectivity index (χ2v) is 5.23. The van der Waals surface area contributed by atoms with Crippen molar-refractivity contribution >= 4 is 23.5 Å². The molecule has 0 fully saturated rings. The van der Waals surface area contributed by atoms with Gasteiger partial charge in [-0.1, -0.05) is 0 Å². The van der Waals surface area contributed by atoms with Crippen LogP contribution in [-0.2, 0) is 19.1 Å². The van der Waals surface area contributed by atoms with Crippen LogP contribution in [0.1, 0.15) is 13.3 Å². The van der Waals surface area contributed by atoms with E-state index in [1.165, 1.54) is 32.2 Å². The van der Waals surface area contributed by atoms with E-state index in [1.807, 2.05) is 0 Å². The van der Waals surface area contributed by atoms with E-state index in [9.17, 15) is 24.5 Å². The van der Waals surface area contributed by atoms with Gasteiger partial charge in [0.15, 0.2) is 13.2 Å². The Morgan fingerprint density at radius 2 is 1.85 bits per heavy atom. The summed E-state index contributed by atoms with van der Waals surface area (Å²) >= 11 is 0. The van der Waals surface area contributed by atoms with Crippen LogP contribution < -0.4 is 20.1 Å². The van der Waals surface area contributed by atoms with Crippen molar-refractivity contribution < 1.29 is 33.5 Å². The number of nitrogens with zero attached hydrogens (tertiary/aromatic N) is 1. The van der Waals surface area contributed by atoms with Crippen LogP contribution in [0.5, 0.6) is 11.5 Å². The number of ether oxygens (including phenoxy) is 3. The molecule has 0 unspecified atom stereocenters. The van der Waals surface area contributed by atoms with Crippen LogP contribution in [0.3, 0.4) is 0 Å². The monoisotopic (exact) mass is 383 g/mol. The van der Waals surface area contributed by atoms with Crippen LogP contribution >= 0.6 is 0 Å². The number of carbonyl (C=O) groups is 3. The summed E-state index contributed by atoms with van der Waals surface area (Å²) in [6.07, 6.45) is 0.546. The molecule has 2 N–H and O–H groups in total. The van der Waals surface area contributed by atoms with Crippen molar-refractivity contribution in [3.05, 3.63) is 28.3 Å². The minimum absolute atomic E-state index is 0.00971. The van der Waals surface area contributed by atoms with Gasteiger partial charge >= 0.3 is 11.7 Å². The van der Waals surface area contributed by atoms with Crippen molar-refractivity contribution in [2.45, 2.75) is 13.3 Å². The first kappa shape index (κ1) is 21.7. The summed E-state index contributed by atoms with van der Waals surface area (Å²) in [5.74, 6) is -1.24. The molecule has 0 spiro atoms. The second-order valence-electron chi connectivity index (χ2n) is 5.23. The fourth-order valence-corrected chi connectivity index (χ4v) is 1.86. The average molecular weight is 383 g/mol. The third-order valence-electron chi connectivity index (χ3n) is 3.12. The normalized spacial score (nSPS) is 9.85. The van der Waals surface area contributed by atoms with Crippen LogP contribution in [0.4, 0.5) is 5.69 Å². The number of carbonyl (C=O) groups excluding carboxylic acids is 3. The number of benzene rings is 1. The van der Waals surface area contributed by atoms with Crippen molar-refractivity contribution in [3.8, 4) is 11.5 Å². The molecule has 0 saturated heterocycles. The molecule has 0 aliphatic carbocycles. The third kappa shape index (κ3) is 8.52. The number of esters is 1. The van der Waals surface area contributed by atoms with Gasteiger partial charge in [0.25, 0.3) is 5.91 Å². The highest BCUT2D eigenvalue weighted by atomic mass is 16.6. The maximum absolute atomic E-state index is 11.6. The van der Waals surface area contributed by atoms with Crippen molar-refractivity contribution in [2.75, 3.05) is 33.4 Å². The van der Waals surface area contributed by atoms with E-state index in [-0.39, 0.29) is 23.1 Å². The van der Waals surface area contributed by atoms with Gasteiger partial charge in [-0.15, -0.1) is 0 Å². The summed E-state index contributed by atoms with van der Waals surface area (Å²) < 4.78 is 14.8. The molecule has 0 aliphatic heterocycles. The van der Waals surface area contributed by atoms with Crippen LogP contribution in [0.2, 0.25) is 0 Å². The van der Waals surface area contributed by atoms with Crippen molar-refractivity contribution in [1.82, 2.24) is 10.6 Å². The number of hydrogen-bond donors (Lipinski definition) is 2. The Morgan fingerprint density at radius 3 is 2.48 bits per heavy atom. The smallest absolute Gasteiger partial charge is 0.344 e. The van der Waals surface area contributed by atoms with Crippen molar-refractivity contribution in [1.29, 1.82) is 0 Å². The first-order valence-corrected chi connectivity index (χ1v) is 7.95. The topological polar surface area (TPSA) is 146 Å². The van der Waals surface area contributed by atoms with Crippen molar-refractivity contribution in [3.63, 3.8) is 0 Å². The third-order valence-corrected chi connectivity index (χ3v) is 3.12. The molecule has 148 valence electrons. The van der Waals surface area contributed by atoms with Crippen LogP contribution in [0, 0.1) is 10.1 Å². The molecule has 11 nitrogen and oxygen atoms in total. The Hall–Kier alpha value is -3.37. The fraction of sp³-hybridized carbons (Fsp3) is 0.438. The van der Waals surface area contributed by atoms with Crippen LogP contribution in [0.15, 0.2) is 18.2 Å². The SMILES string of the molecule is COc1cc(OCC(=O)OCC(=O)NCCCNC(C)=O)ccc1[N+](=O)[O-]. The number of nitrogens with one attached hydrogen (secondary N) is 2. The molecule has 0 heterocycles. The quantitative estimate of drug-likeness (QED) is 0.238. The molecule has 0 radical (unpaired) electrons. The first-order valence-electron chi connectivity index (χ1n) is 7.95. The zero-order valence-electron chi connectivity index (χ0n) is 15.0. The molecule has 0 atom stereocenters. The zero-order valence-corrected chi connectivity index (χ0v) is 15.0. The number of rotatable bonds is 11. The summed E-state index contributed by atoms with van der Waals surface area (Å²) in [6.45, 7) is 1.22. The van der Waals surface area contributed by atoms with E-state index in [0.717, 1.165) is 0 Å². The molecule has 1 aromatic carbocycles. The molecule has 0 bridgehead atoms. The number of nitro groups is 1. The molecular weight excluding hydrogens is 362 g/mol. The van der Waals surface area contributed by atoms with E-state index in [0.29, 0.717) is 19.5 Å². The maximum atomic E-state index is 11.6. The molecule has 11 heteroatoms.